The molecule has 1 N–H and O–H groups in total. The average Bonchev–Trinajstić information content (AvgIpc) is 2.33. The fourth-order valence-corrected chi connectivity index (χ4v) is 1.60. The van der Waals surface area contributed by atoms with Crippen LogP contribution in [0.5, 0.6) is 0 Å². The lowest BCUT2D eigenvalue weighted by atomic mass is 10.2. The van der Waals surface area contributed by atoms with Crippen LogP contribution in [0, 0.1) is 0 Å². The second kappa shape index (κ2) is 8.95. The molecule has 5 heteroatoms. The molecular weight excluding hydrogens is 256 g/mol. The molecule has 0 bridgehead atoms. The number of hydrogen-bond acceptors (Lipinski definition) is 4. The van der Waals surface area contributed by atoms with Crippen molar-refractivity contribution in [2.24, 2.45) is 0 Å². The van der Waals surface area contributed by atoms with E-state index in [0.29, 0.717) is 12.6 Å². The van der Waals surface area contributed by atoms with Crippen molar-refractivity contribution in [3.05, 3.63) is 0 Å². The molecule has 0 aromatic carbocycles. The van der Waals surface area contributed by atoms with Gasteiger partial charge in [0.15, 0.2) is 0 Å². The van der Waals surface area contributed by atoms with Crippen molar-refractivity contribution in [1.29, 1.82) is 0 Å². The standard InChI is InChI=1S/C15H30N2O3/c1-7-12(2)17(6)11-10-16-13(18)8-9-14(19)20-15(3,4)5/h12H,7-11H2,1-6H3,(H,16,18). The second-order valence-electron chi connectivity index (χ2n) is 6.17. The maximum atomic E-state index is 11.6. The maximum absolute atomic E-state index is 11.6. The highest BCUT2D eigenvalue weighted by molar-refractivity contribution is 5.81. The third-order valence-electron chi connectivity index (χ3n) is 3.11. The zero-order valence-corrected chi connectivity index (χ0v) is 13.8. The Hall–Kier alpha value is -1.10. The minimum absolute atomic E-state index is 0.103. The molecule has 0 aliphatic rings. The highest BCUT2D eigenvalue weighted by Crippen LogP contribution is 2.08. The summed E-state index contributed by atoms with van der Waals surface area (Å²) in [6, 6.07) is 0.508. The van der Waals surface area contributed by atoms with Crippen LogP contribution in [0.25, 0.3) is 0 Å². The first-order valence-electron chi connectivity index (χ1n) is 7.34. The van der Waals surface area contributed by atoms with Crippen LogP contribution in [0.4, 0.5) is 0 Å². The van der Waals surface area contributed by atoms with Gasteiger partial charge in [0.1, 0.15) is 5.60 Å². The van der Waals surface area contributed by atoms with E-state index in [-0.39, 0.29) is 24.7 Å². The van der Waals surface area contributed by atoms with E-state index in [1.54, 1.807) is 0 Å². The summed E-state index contributed by atoms with van der Waals surface area (Å²) in [5.74, 6) is -0.433. The molecule has 0 aromatic heterocycles. The van der Waals surface area contributed by atoms with E-state index in [1.165, 1.54) is 0 Å². The van der Waals surface area contributed by atoms with Gasteiger partial charge in [0.2, 0.25) is 5.91 Å². The van der Waals surface area contributed by atoms with Crippen LogP contribution in [-0.4, -0.2) is 48.6 Å². The lowest BCUT2D eigenvalue weighted by Gasteiger charge is -2.23. The molecule has 0 spiro atoms. The van der Waals surface area contributed by atoms with Gasteiger partial charge in [-0.05, 0) is 41.2 Å². The van der Waals surface area contributed by atoms with Crippen LogP contribution in [0.15, 0.2) is 0 Å². The van der Waals surface area contributed by atoms with Gasteiger partial charge in [-0.2, -0.15) is 0 Å². The van der Waals surface area contributed by atoms with Gasteiger partial charge in [0, 0.05) is 25.6 Å². The number of nitrogens with zero attached hydrogens (tertiary/aromatic N) is 1. The first-order valence-corrected chi connectivity index (χ1v) is 7.34. The van der Waals surface area contributed by atoms with Gasteiger partial charge >= 0.3 is 5.97 Å². The van der Waals surface area contributed by atoms with E-state index in [2.05, 4.69) is 24.1 Å². The first-order chi connectivity index (χ1) is 9.15. The highest BCUT2D eigenvalue weighted by Gasteiger charge is 2.17. The van der Waals surface area contributed by atoms with Crippen LogP contribution >= 0.6 is 0 Å². The number of carbonyl (C=O) groups is 2. The van der Waals surface area contributed by atoms with Crippen molar-refractivity contribution < 1.29 is 14.3 Å². The molecule has 0 aromatic rings. The van der Waals surface area contributed by atoms with Crippen molar-refractivity contribution in [3.63, 3.8) is 0 Å². The SMILES string of the molecule is CCC(C)N(C)CCNC(=O)CCC(=O)OC(C)(C)C. The van der Waals surface area contributed by atoms with Gasteiger partial charge in [-0.25, -0.2) is 0 Å². The molecule has 1 unspecified atom stereocenters. The minimum Gasteiger partial charge on any atom is -0.460 e. The summed E-state index contributed by atoms with van der Waals surface area (Å²) >= 11 is 0. The van der Waals surface area contributed by atoms with E-state index in [1.807, 2.05) is 27.8 Å². The predicted octanol–water partition coefficient (Wildman–Crippen LogP) is 1.95. The number of esters is 1. The third kappa shape index (κ3) is 9.78. The summed E-state index contributed by atoms with van der Waals surface area (Å²) in [6.07, 6.45) is 1.40. The van der Waals surface area contributed by atoms with Crippen molar-refractivity contribution in [2.45, 2.75) is 65.5 Å². The average molecular weight is 286 g/mol. The van der Waals surface area contributed by atoms with Crippen molar-refractivity contribution in [3.8, 4) is 0 Å². The number of hydrogen-bond donors (Lipinski definition) is 1. The summed E-state index contributed by atoms with van der Waals surface area (Å²) in [7, 11) is 2.04. The molecule has 20 heavy (non-hydrogen) atoms. The smallest absolute Gasteiger partial charge is 0.306 e. The van der Waals surface area contributed by atoms with E-state index >= 15 is 0 Å². The Labute approximate surface area is 123 Å². The van der Waals surface area contributed by atoms with Gasteiger partial charge in [-0.15, -0.1) is 0 Å². The molecule has 0 aliphatic carbocycles. The monoisotopic (exact) mass is 286 g/mol. The van der Waals surface area contributed by atoms with Crippen molar-refractivity contribution in [2.75, 3.05) is 20.1 Å². The molecule has 0 rings (SSSR count). The molecule has 5 nitrogen and oxygen atoms in total. The maximum Gasteiger partial charge on any atom is 0.306 e. The van der Waals surface area contributed by atoms with Crippen LogP contribution in [0.1, 0.15) is 53.9 Å². The van der Waals surface area contributed by atoms with Crippen LogP contribution < -0.4 is 5.32 Å². The van der Waals surface area contributed by atoms with E-state index in [9.17, 15) is 9.59 Å². The molecule has 0 aliphatic heterocycles. The molecule has 1 amide bonds. The van der Waals surface area contributed by atoms with Gasteiger partial charge in [-0.3, -0.25) is 9.59 Å². The summed E-state index contributed by atoms with van der Waals surface area (Å²) < 4.78 is 5.15. The predicted molar refractivity (Wildman–Crippen MR) is 80.5 cm³/mol. The van der Waals surface area contributed by atoms with Gasteiger partial charge in [0.05, 0.1) is 6.42 Å². The molecule has 0 saturated heterocycles. The van der Waals surface area contributed by atoms with Crippen LogP contribution in [0.2, 0.25) is 0 Å². The Balaban J connectivity index is 3.77. The summed E-state index contributed by atoms with van der Waals surface area (Å²) in [4.78, 5) is 25.3. The Bertz CT molecular complexity index is 311. The van der Waals surface area contributed by atoms with Gasteiger partial charge in [-0.1, -0.05) is 6.92 Å². The topological polar surface area (TPSA) is 58.6 Å². The van der Waals surface area contributed by atoms with Crippen molar-refractivity contribution >= 4 is 11.9 Å². The Morgan fingerprint density at radius 3 is 2.35 bits per heavy atom. The Morgan fingerprint density at radius 1 is 1.25 bits per heavy atom. The summed E-state index contributed by atoms with van der Waals surface area (Å²) in [6.45, 7) is 11.2. The minimum atomic E-state index is -0.493. The number of ether oxygens (including phenoxy) is 1. The number of nitrogens with one attached hydrogen (secondary N) is 1. The zero-order chi connectivity index (χ0) is 15.8. The van der Waals surface area contributed by atoms with Crippen LogP contribution in [-0.2, 0) is 14.3 Å². The number of carbonyl (C=O) groups excluding carboxylic acids is 2. The lowest BCUT2D eigenvalue weighted by Crippen LogP contribution is -2.37. The molecule has 0 radical (unpaired) electrons. The number of likely N-dealkylation sites (N-methyl/N-ethyl adjacent to an activating group) is 1. The molecule has 118 valence electrons. The Kier molecular flexibility index (Phi) is 8.46. The largest absolute Gasteiger partial charge is 0.460 e. The molecule has 0 heterocycles. The fraction of sp³-hybridized carbons (Fsp3) is 0.867. The summed E-state index contributed by atoms with van der Waals surface area (Å²) in [5.41, 5.74) is -0.493. The van der Waals surface area contributed by atoms with Gasteiger partial charge < -0.3 is 15.0 Å². The highest BCUT2D eigenvalue weighted by atomic mass is 16.6. The number of rotatable bonds is 8. The quantitative estimate of drug-likeness (QED) is 0.693. The molecule has 0 fully saturated rings. The van der Waals surface area contributed by atoms with Crippen LogP contribution in [0.3, 0.4) is 0 Å². The third-order valence-corrected chi connectivity index (χ3v) is 3.11. The van der Waals surface area contributed by atoms with E-state index in [0.717, 1.165) is 13.0 Å². The normalized spacial score (nSPS) is 13.2. The molecular formula is C15H30N2O3. The zero-order valence-electron chi connectivity index (χ0n) is 13.8. The first kappa shape index (κ1) is 18.9. The fourth-order valence-electron chi connectivity index (χ4n) is 1.60. The van der Waals surface area contributed by atoms with Gasteiger partial charge in [0.25, 0.3) is 0 Å². The van der Waals surface area contributed by atoms with E-state index in [4.69, 9.17) is 4.74 Å². The number of amides is 1. The second-order valence-corrected chi connectivity index (χ2v) is 6.17. The van der Waals surface area contributed by atoms with Crippen molar-refractivity contribution in [1.82, 2.24) is 10.2 Å². The molecule has 1 atom stereocenters. The summed E-state index contributed by atoms with van der Waals surface area (Å²) in [5, 5.41) is 2.82. The lowest BCUT2D eigenvalue weighted by molar-refractivity contribution is -0.155. The molecule has 0 saturated carbocycles. The van der Waals surface area contributed by atoms with E-state index < -0.39 is 5.60 Å². The Morgan fingerprint density at radius 2 is 1.85 bits per heavy atom.